The van der Waals surface area contributed by atoms with Gasteiger partial charge in [0.1, 0.15) is 10.0 Å². The first-order valence-electron chi connectivity index (χ1n) is 6.89. The number of para-hydroxylation sites is 1. The van der Waals surface area contributed by atoms with E-state index in [9.17, 15) is 9.59 Å². The van der Waals surface area contributed by atoms with Crippen LogP contribution in [0.5, 0.6) is 5.75 Å². The number of carbonyl (C=O) groups is 2. The van der Waals surface area contributed by atoms with Crippen molar-refractivity contribution in [3.8, 4) is 5.75 Å². The molecule has 2 aromatic carbocycles. The minimum Gasteiger partial charge on any atom is -0.481 e. The van der Waals surface area contributed by atoms with Gasteiger partial charge in [-0.15, -0.1) is 0 Å². The van der Waals surface area contributed by atoms with Crippen molar-refractivity contribution in [2.75, 3.05) is 19.0 Å². The Labute approximate surface area is 174 Å². The molecule has 2 rings (SSSR count). The van der Waals surface area contributed by atoms with Gasteiger partial charge < -0.3 is 14.8 Å². The zero-order valence-electron chi connectivity index (χ0n) is 13.0. The molecule has 0 aromatic heterocycles. The smallest absolute Gasteiger partial charge is 0.339 e. The minimum absolute atomic E-state index is 0.0212. The summed E-state index contributed by atoms with van der Waals surface area (Å²) in [7, 11) is 1.24. The summed E-state index contributed by atoms with van der Waals surface area (Å²) in [6.45, 7) is -0.469. The average molecular weight is 458 g/mol. The average Bonchev–Trinajstić information content (AvgIpc) is 2.64. The number of ether oxygens (including phenoxy) is 2. The van der Waals surface area contributed by atoms with Gasteiger partial charge in [-0.25, -0.2) is 4.79 Å². The number of anilines is 1. The third kappa shape index (κ3) is 4.48. The van der Waals surface area contributed by atoms with Crippen molar-refractivity contribution in [2.24, 2.45) is 0 Å². The largest absolute Gasteiger partial charge is 0.481 e. The Morgan fingerprint density at radius 2 is 1.46 bits per heavy atom. The highest BCUT2D eigenvalue weighted by Gasteiger charge is 2.21. The molecule has 0 spiro atoms. The summed E-state index contributed by atoms with van der Waals surface area (Å²) >= 11 is 29.8. The maximum absolute atomic E-state index is 12.1. The van der Waals surface area contributed by atoms with Crippen LogP contribution >= 0.6 is 58.0 Å². The lowest BCUT2D eigenvalue weighted by molar-refractivity contribution is -0.118. The second kappa shape index (κ2) is 9.02. The van der Waals surface area contributed by atoms with Crippen LogP contribution in [-0.4, -0.2) is 25.6 Å². The molecule has 0 saturated heterocycles. The van der Waals surface area contributed by atoms with Crippen LogP contribution < -0.4 is 10.1 Å². The van der Waals surface area contributed by atoms with Crippen LogP contribution in [0.25, 0.3) is 0 Å². The van der Waals surface area contributed by atoms with Gasteiger partial charge in [0.05, 0.1) is 33.4 Å². The van der Waals surface area contributed by atoms with E-state index in [1.165, 1.54) is 13.2 Å². The maximum atomic E-state index is 12.1. The zero-order valence-corrected chi connectivity index (χ0v) is 16.8. The van der Waals surface area contributed by atoms with Gasteiger partial charge in [0, 0.05) is 0 Å². The van der Waals surface area contributed by atoms with Gasteiger partial charge in [0.15, 0.2) is 12.4 Å². The highest BCUT2D eigenvalue weighted by atomic mass is 35.5. The van der Waals surface area contributed by atoms with E-state index in [1.807, 2.05) is 0 Å². The van der Waals surface area contributed by atoms with Crippen molar-refractivity contribution in [2.45, 2.75) is 0 Å². The number of hydrogen-bond donors (Lipinski definition) is 1. The molecule has 10 heteroatoms. The number of halogens is 5. The molecule has 1 N–H and O–H groups in total. The van der Waals surface area contributed by atoms with Crippen molar-refractivity contribution < 1.29 is 19.1 Å². The number of amides is 1. The number of rotatable bonds is 5. The van der Waals surface area contributed by atoms with Gasteiger partial charge in [-0.05, 0) is 12.1 Å². The Morgan fingerprint density at radius 3 is 2.04 bits per heavy atom. The zero-order chi connectivity index (χ0) is 19.4. The Kier molecular flexibility index (Phi) is 7.26. The van der Waals surface area contributed by atoms with Gasteiger partial charge in [-0.1, -0.05) is 70.1 Å². The number of esters is 1. The van der Waals surface area contributed by atoms with Gasteiger partial charge >= 0.3 is 5.97 Å². The van der Waals surface area contributed by atoms with E-state index < -0.39 is 18.5 Å². The van der Waals surface area contributed by atoms with Crippen molar-refractivity contribution in [3.63, 3.8) is 0 Å². The topological polar surface area (TPSA) is 64.6 Å². The SMILES string of the molecule is COC(=O)c1ccccc1NC(=O)COc1c(Cl)c(Cl)c(Cl)c(Cl)c1Cl. The molecule has 26 heavy (non-hydrogen) atoms. The van der Waals surface area contributed by atoms with E-state index >= 15 is 0 Å². The van der Waals surface area contributed by atoms with E-state index in [4.69, 9.17) is 62.7 Å². The molecule has 0 atom stereocenters. The van der Waals surface area contributed by atoms with E-state index in [0.29, 0.717) is 0 Å². The predicted octanol–water partition coefficient (Wildman–Crippen LogP) is 5.76. The van der Waals surface area contributed by atoms with Crippen molar-refractivity contribution in [3.05, 3.63) is 54.9 Å². The molecule has 1 amide bonds. The molecule has 2 aromatic rings. The number of hydrogen-bond acceptors (Lipinski definition) is 4. The summed E-state index contributed by atoms with van der Waals surface area (Å²) in [5.41, 5.74) is 0.453. The maximum Gasteiger partial charge on any atom is 0.339 e. The normalized spacial score (nSPS) is 10.4. The molecule has 0 saturated carbocycles. The number of nitrogens with one attached hydrogen (secondary N) is 1. The lowest BCUT2D eigenvalue weighted by atomic mass is 10.2. The van der Waals surface area contributed by atoms with Gasteiger partial charge in [-0.3, -0.25) is 4.79 Å². The van der Waals surface area contributed by atoms with E-state index in [-0.39, 0.29) is 42.1 Å². The van der Waals surface area contributed by atoms with Crippen molar-refractivity contribution in [1.29, 1.82) is 0 Å². The van der Waals surface area contributed by atoms with Crippen LogP contribution in [0.15, 0.2) is 24.3 Å². The summed E-state index contributed by atoms with van der Waals surface area (Å²) in [5, 5.41) is 2.27. The third-order valence-corrected chi connectivity index (χ3v) is 5.37. The van der Waals surface area contributed by atoms with E-state index in [1.54, 1.807) is 18.2 Å². The minimum atomic E-state index is -0.593. The molecule has 0 radical (unpaired) electrons. The number of methoxy groups -OCH3 is 1. The molecule has 5 nitrogen and oxygen atoms in total. The Morgan fingerprint density at radius 1 is 0.923 bits per heavy atom. The van der Waals surface area contributed by atoms with E-state index in [2.05, 4.69) is 10.1 Å². The summed E-state index contributed by atoms with van der Waals surface area (Å²) in [6, 6.07) is 6.33. The third-order valence-electron chi connectivity index (χ3n) is 3.12. The Hall–Kier alpha value is -1.37. The van der Waals surface area contributed by atoms with Gasteiger partial charge in [0.2, 0.25) is 0 Å². The summed E-state index contributed by atoms with van der Waals surface area (Å²) in [5.74, 6) is -1.25. The lowest BCUT2D eigenvalue weighted by Crippen LogP contribution is -2.22. The molecular formula is C16H10Cl5NO4. The molecule has 0 unspecified atom stereocenters. The fourth-order valence-corrected chi connectivity index (χ4v) is 3.15. The van der Waals surface area contributed by atoms with Gasteiger partial charge in [-0.2, -0.15) is 0 Å². The van der Waals surface area contributed by atoms with Crippen LogP contribution in [0.4, 0.5) is 5.69 Å². The standard InChI is InChI=1S/C16H10Cl5NO4/c1-25-16(24)7-4-2-3-5-8(7)22-9(23)6-26-15-13(20)11(18)10(17)12(19)14(15)21/h2-5H,6H2,1H3,(H,22,23). The highest BCUT2D eigenvalue weighted by molar-refractivity contribution is 6.55. The van der Waals surface area contributed by atoms with Crippen LogP contribution in [-0.2, 0) is 9.53 Å². The molecule has 0 heterocycles. The van der Waals surface area contributed by atoms with Crippen molar-refractivity contribution in [1.82, 2.24) is 0 Å². The molecule has 0 bridgehead atoms. The molecule has 138 valence electrons. The number of carbonyl (C=O) groups excluding carboxylic acids is 2. The van der Waals surface area contributed by atoms with E-state index in [0.717, 1.165) is 0 Å². The van der Waals surface area contributed by atoms with Crippen LogP contribution in [0.1, 0.15) is 10.4 Å². The Balaban J connectivity index is 2.16. The predicted molar refractivity (Wildman–Crippen MR) is 103 cm³/mol. The first kappa shape index (κ1) is 20.9. The second-order valence-electron chi connectivity index (χ2n) is 4.77. The Bertz CT molecular complexity index is 843. The summed E-state index contributed by atoms with van der Waals surface area (Å²) in [4.78, 5) is 23.9. The second-order valence-corrected chi connectivity index (χ2v) is 6.66. The first-order chi connectivity index (χ1) is 12.3. The molecule has 0 aliphatic carbocycles. The van der Waals surface area contributed by atoms with Crippen LogP contribution in [0, 0.1) is 0 Å². The first-order valence-corrected chi connectivity index (χ1v) is 8.78. The molecule has 0 aliphatic rings. The monoisotopic (exact) mass is 455 g/mol. The fourth-order valence-electron chi connectivity index (χ4n) is 1.92. The summed E-state index contributed by atoms with van der Waals surface area (Å²) < 4.78 is 9.98. The van der Waals surface area contributed by atoms with Crippen LogP contribution in [0.2, 0.25) is 25.1 Å². The van der Waals surface area contributed by atoms with Gasteiger partial charge in [0.25, 0.3) is 5.91 Å². The highest BCUT2D eigenvalue weighted by Crippen LogP contribution is 2.48. The fraction of sp³-hybridized carbons (Fsp3) is 0.125. The lowest BCUT2D eigenvalue weighted by Gasteiger charge is -2.14. The molecule has 0 aliphatic heterocycles. The number of benzene rings is 2. The van der Waals surface area contributed by atoms with Crippen LogP contribution in [0.3, 0.4) is 0 Å². The summed E-state index contributed by atoms with van der Waals surface area (Å²) in [6.07, 6.45) is 0. The molecule has 0 fully saturated rings. The van der Waals surface area contributed by atoms with Crippen molar-refractivity contribution >= 4 is 75.6 Å². The molecular weight excluding hydrogens is 447 g/mol. The quantitative estimate of drug-likeness (QED) is 0.352.